The lowest BCUT2D eigenvalue weighted by Gasteiger charge is -2.16. The van der Waals surface area contributed by atoms with Gasteiger partial charge in [0.15, 0.2) is 11.5 Å². The van der Waals surface area contributed by atoms with Gasteiger partial charge < -0.3 is 9.84 Å². The van der Waals surface area contributed by atoms with Crippen molar-refractivity contribution in [3.63, 3.8) is 0 Å². The topological polar surface area (TPSA) is 92.9 Å². The number of rotatable bonds is 5. The smallest absolute Gasteiger partial charge is 0.274 e. The fourth-order valence-electron chi connectivity index (χ4n) is 2.15. The fourth-order valence-corrected chi connectivity index (χ4v) is 3.42. The number of benzene rings is 1. The fraction of sp³-hybridized carbons (Fsp3) is 0.333. The molecule has 7 nitrogen and oxygen atoms in total. The number of carbonyl (C=O) groups is 1. The molecule has 0 spiro atoms. The first-order chi connectivity index (χ1) is 11.2. The lowest BCUT2D eigenvalue weighted by molar-refractivity contribution is -0.385. The summed E-state index contributed by atoms with van der Waals surface area (Å²) in [5.74, 6) is -0.327. The number of non-ortho nitro benzene ring substituents is 1. The third-order valence-corrected chi connectivity index (χ3v) is 4.61. The Morgan fingerprint density at radius 1 is 1.50 bits per heavy atom. The van der Waals surface area contributed by atoms with Crippen molar-refractivity contribution in [1.82, 2.24) is 4.90 Å². The minimum absolute atomic E-state index is 0.0342. The maximum Gasteiger partial charge on any atom is 0.274 e. The highest BCUT2D eigenvalue weighted by Crippen LogP contribution is 2.39. The van der Waals surface area contributed by atoms with Crippen LogP contribution in [0.15, 0.2) is 17.0 Å². The molecular formula is C15H16N2O5S2. The maximum atomic E-state index is 12.4. The van der Waals surface area contributed by atoms with Crippen LogP contribution >= 0.6 is 24.0 Å². The molecule has 128 valence electrons. The third-order valence-electron chi connectivity index (χ3n) is 3.23. The van der Waals surface area contributed by atoms with E-state index in [1.54, 1.807) is 0 Å². The predicted molar refractivity (Wildman–Crippen MR) is 96.0 cm³/mol. The van der Waals surface area contributed by atoms with Gasteiger partial charge in [-0.2, -0.15) is 0 Å². The van der Waals surface area contributed by atoms with Gasteiger partial charge in [0.2, 0.25) is 0 Å². The summed E-state index contributed by atoms with van der Waals surface area (Å²) in [7, 11) is 1.30. The third kappa shape index (κ3) is 3.68. The van der Waals surface area contributed by atoms with Crippen molar-refractivity contribution in [1.29, 1.82) is 0 Å². The zero-order chi connectivity index (χ0) is 18.0. The standard InChI is InChI=1S/C15H16N2O5S2/c1-8(2)7-16-14(19)12(24-15(16)23)5-9-4-10(17(20)21)6-11(22-3)13(9)18/h4-6,8,18H,7H2,1-3H3/b12-5-. The van der Waals surface area contributed by atoms with Crippen LogP contribution in [0, 0.1) is 16.0 Å². The van der Waals surface area contributed by atoms with E-state index in [4.69, 9.17) is 17.0 Å². The molecular weight excluding hydrogens is 352 g/mol. The molecule has 0 aromatic heterocycles. The highest BCUT2D eigenvalue weighted by atomic mass is 32.2. The molecule has 0 atom stereocenters. The molecule has 0 radical (unpaired) electrons. The molecule has 0 bridgehead atoms. The number of nitrogens with zero attached hydrogens (tertiary/aromatic N) is 2. The zero-order valence-corrected chi connectivity index (χ0v) is 14.9. The number of thiocarbonyl (C=S) groups is 1. The first-order valence-corrected chi connectivity index (χ1v) is 8.27. The van der Waals surface area contributed by atoms with E-state index < -0.39 is 4.92 Å². The molecule has 1 aromatic carbocycles. The van der Waals surface area contributed by atoms with Gasteiger partial charge in [0.25, 0.3) is 11.6 Å². The van der Waals surface area contributed by atoms with Crippen LogP contribution in [-0.2, 0) is 4.79 Å². The molecule has 24 heavy (non-hydrogen) atoms. The highest BCUT2D eigenvalue weighted by Gasteiger charge is 2.32. The number of methoxy groups -OCH3 is 1. The number of hydrogen-bond donors (Lipinski definition) is 1. The lowest BCUT2D eigenvalue weighted by Crippen LogP contribution is -2.31. The second-order valence-corrected chi connectivity index (χ2v) is 7.20. The first-order valence-electron chi connectivity index (χ1n) is 7.05. The summed E-state index contributed by atoms with van der Waals surface area (Å²) in [6.07, 6.45) is 1.39. The largest absolute Gasteiger partial charge is 0.504 e. The summed E-state index contributed by atoms with van der Waals surface area (Å²) in [6, 6.07) is 2.31. The Morgan fingerprint density at radius 2 is 2.17 bits per heavy atom. The van der Waals surface area contributed by atoms with Gasteiger partial charge in [-0.1, -0.05) is 37.8 Å². The highest BCUT2D eigenvalue weighted by molar-refractivity contribution is 8.26. The molecule has 0 unspecified atom stereocenters. The number of nitro groups is 1. The molecule has 1 heterocycles. The van der Waals surface area contributed by atoms with Crippen molar-refractivity contribution >= 4 is 46.0 Å². The van der Waals surface area contributed by atoms with Crippen LogP contribution in [-0.4, -0.2) is 38.8 Å². The normalized spacial score (nSPS) is 16.3. The lowest BCUT2D eigenvalue weighted by atomic mass is 10.1. The van der Waals surface area contributed by atoms with Gasteiger partial charge in [-0.25, -0.2) is 0 Å². The molecule has 9 heteroatoms. The van der Waals surface area contributed by atoms with Crippen molar-refractivity contribution in [2.75, 3.05) is 13.7 Å². The minimum atomic E-state index is -0.594. The minimum Gasteiger partial charge on any atom is -0.504 e. The van der Waals surface area contributed by atoms with Gasteiger partial charge in [-0.05, 0) is 12.0 Å². The van der Waals surface area contributed by atoms with Gasteiger partial charge in [0.1, 0.15) is 4.32 Å². The predicted octanol–water partition coefficient (Wildman–Crippen LogP) is 3.17. The quantitative estimate of drug-likeness (QED) is 0.369. The van der Waals surface area contributed by atoms with Crippen LogP contribution in [0.3, 0.4) is 0 Å². The number of nitro benzene ring substituents is 1. The number of carbonyl (C=O) groups excluding carboxylic acids is 1. The van der Waals surface area contributed by atoms with Gasteiger partial charge in [-0.3, -0.25) is 19.8 Å². The number of aromatic hydroxyl groups is 1. The van der Waals surface area contributed by atoms with E-state index in [-0.39, 0.29) is 34.6 Å². The number of phenolic OH excluding ortho intramolecular Hbond substituents is 1. The number of hydrogen-bond acceptors (Lipinski definition) is 7. The van der Waals surface area contributed by atoms with Crippen molar-refractivity contribution in [2.45, 2.75) is 13.8 Å². The summed E-state index contributed by atoms with van der Waals surface area (Å²) >= 11 is 6.31. The summed E-state index contributed by atoms with van der Waals surface area (Å²) in [5, 5.41) is 21.2. The maximum absolute atomic E-state index is 12.4. The zero-order valence-electron chi connectivity index (χ0n) is 13.3. The number of thioether (sulfide) groups is 1. The molecule has 1 fully saturated rings. The number of amides is 1. The van der Waals surface area contributed by atoms with E-state index >= 15 is 0 Å². The van der Waals surface area contributed by atoms with Gasteiger partial charge in [0, 0.05) is 18.2 Å². The van der Waals surface area contributed by atoms with Gasteiger partial charge in [-0.15, -0.1) is 0 Å². The molecule has 0 saturated carbocycles. The molecule has 1 aliphatic rings. The summed E-state index contributed by atoms with van der Waals surface area (Å²) in [4.78, 5) is 24.6. The molecule has 0 aliphatic carbocycles. The van der Waals surface area contributed by atoms with E-state index in [1.165, 1.54) is 24.2 Å². The second-order valence-electron chi connectivity index (χ2n) is 5.53. The van der Waals surface area contributed by atoms with Crippen LogP contribution in [0.4, 0.5) is 5.69 Å². The Labute approximate surface area is 148 Å². The Hall–Kier alpha value is -2.13. The molecule has 1 aromatic rings. The Bertz CT molecular complexity index is 746. The van der Waals surface area contributed by atoms with E-state index in [2.05, 4.69) is 0 Å². The molecule has 1 saturated heterocycles. The van der Waals surface area contributed by atoms with Crippen molar-refractivity contribution in [3.8, 4) is 11.5 Å². The molecule has 2 rings (SSSR count). The van der Waals surface area contributed by atoms with E-state index in [0.29, 0.717) is 15.8 Å². The second kappa shape index (κ2) is 7.18. The average Bonchev–Trinajstić information content (AvgIpc) is 2.76. The van der Waals surface area contributed by atoms with Crippen LogP contribution in [0.25, 0.3) is 6.08 Å². The molecule has 1 N–H and O–H groups in total. The summed E-state index contributed by atoms with van der Waals surface area (Å²) < 4.78 is 5.38. The van der Waals surface area contributed by atoms with Crippen molar-refractivity contribution in [3.05, 3.63) is 32.7 Å². The van der Waals surface area contributed by atoms with Crippen molar-refractivity contribution in [2.24, 2.45) is 5.92 Å². The van der Waals surface area contributed by atoms with Crippen molar-refractivity contribution < 1.29 is 19.6 Å². The van der Waals surface area contributed by atoms with E-state index in [1.807, 2.05) is 13.8 Å². The Balaban J connectivity index is 2.44. The SMILES string of the molecule is COc1cc([N+](=O)[O-])cc(/C=C2\SC(=S)N(CC(C)C)C2=O)c1O. The van der Waals surface area contributed by atoms with Crippen LogP contribution < -0.4 is 4.74 Å². The van der Waals surface area contributed by atoms with E-state index in [0.717, 1.165) is 17.8 Å². The summed E-state index contributed by atoms with van der Waals surface area (Å²) in [6.45, 7) is 4.44. The Morgan fingerprint density at radius 3 is 2.71 bits per heavy atom. The molecule has 1 aliphatic heterocycles. The van der Waals surface area contributed by atoms with Crippen LogP contribution in [0.5, 0.6) is 11.5 Å². The van der Waals surface area contributed by atoms with Gasteiger partial charge in [0.05, 0.1) is 23.0 Å². The first kappa shape index (κ1) is 18.2. The summed E-state index contributed by atoms with van der Waals surface area (Å²) in [5.41, 5.74) is -0.111. The number of ether oxygens (including phenoxy) is 1. The average molecular weight is 368 g/mol. The van der Waals surface area contributed by atoms with E-state index in [9.17, 15) is 20.0 Å². The molecule has 1 amide bonds. The van der Waals surface area contributed by atoms with Crippen LogP contribution in [0.2, 0.25) is 0 Å². The van der Waals surface area contributed by atoms with Crippen LogP contribution in [0.1, 0.15) is 19.4 Å². The number of phenols is 1. The Kier molecular flexibility index (Phi) is 5.45. The van der Waals surface area contributed by atoms with Gasteiger partial charge >= 0.3 is 0 Å². The monoisotopic (exact) mass is 368 g/mol.